The zero-order valence-corrected chi connectivity index (χ0v) is 11.9. The third-order valence-electron chi connectivity index (χ3n) is 4.43. The van der Waals surface area contributed by atoms with Crippen LogP contribution in [0, 0.1) is 0 Å². The lowest BCUT2D eigenvalue weighted by atomic mass is 10.0. The molecule has 0 radical (unpaired) electrons. The van der Waals surface area contributed by atoms with E-state index in [4.69, 9.17) is 0 Å². The number of carbonyl (C=O) groups is 2. The Kier molecular flexibility index (Phi) is 3.86. The van der Waals surface area contributed by atoms with Crippen LogP contribution in [-0.2, 0) is 17.6 Å². The molecule has 1 saturated heterocycles. The summed E-state index contributed by atoms with van der Waals surface area (Å²) >= 11 is 0. The van der Waals surface area contributed by atoms with Crippen LogP contribution in [-0.4, -0.2) is 29.7 Å². The van der Waals surface area contributed by atoms with Gasteiger partial charge >= 0.3 is 0 Å². The fourth-order valence-corrected chi connectivity index (χ4v) is 3.22. The fourth-order valence-electron chi connectivity index (χ4n) is 3.22. The lowest BCUT2D eigenvalue weighted by Crippen LogP contribution is -2.35. The number of ketones is 1. The van der Waals surface area contributed by atoms with Gasteiger partial charge in [-0.3, -0.25) is 9.59 Å². The minimum atomic E-state index is 0.0787. The van der Waals surface area contributed by atoms with E-state index < -0.39 is 0 Å². The molecule has 1 aromatic carbocycles. The smallest absolute Gasteiger partial charge is 0.222 e. The number of hydrogen-bond donors (Lipinski definition) is 0. The second kappa shape index (κ2) is 5.78. The summed E-state index contributed by atoms with van der Waals surface area (Å²) in [7, 11) is 0. The Morgan fingerprint density at radius 2 is 1.85 bits per heavy atom. The molecule has 0 unspecified atom stereocenters. The topological polar surface area (TPSA) is 37.4 Å². The van der Waals surface area contributed by atoms with E-state index in [-0.39, 0.29) is 18.2 Å². The SMILES string of the molecule is O=C(CN1CCCCCC1=O)c1ccc2c(c1)CCC2. The van der Waals surface area contributed by atoms with Crippen molar-refractivity contribution in [1.82, 2.24) is 4.90 Å². The van der Waals surface area contributed by atoms with E-state index >= 15 is 0 Å². The summed E-state index contributed by atoms with van der Waals surface area (Å²) in [5, 5.41) is 0. The molecule has 1 fully saturated rings. The van der Waals surface area contributed by atoms with Gasteiger partial charge in [-0.25, -0.2) is 0 Å². The zero-order chi connectivity index (χ0) is 13.9. The minimum Gasteiger partial charge on any atom is -0.335 e. The van der Waals surface area contributed by atoms with Crippen LogP contribution in [0.25, 0.3) is 0 Å². The van der Waals surface area contributed by atoms with Gasteiger partial charge in [0.15, 0.2) is 5.78 Å². The van der Waals surface area contributed by atoms with Crippen molar-refractivity contribution >= 4 is 11.7 Å². The third-order valence-corrected chi connectivity index (χ3v) is 4.43. The van der Waals surface area contributed by atoms with Gasteiger partial charge in [0.2, 0.25) is 5.91 Å². The average Bonchev–Trinajstić information content (AvgIpc) is 2.83. The summed E-state index contributed by atoms with van der Waals surface area (Å²) in [4.78, 5) is 26.1. The third kappa shape index (κ3) is 2.77. The van der Waals surface area contributed by atoms with Crippen molar-refractivity contribution in [3.8, 4) is 0 Å². The Balaban J connectivity index is 1.71. The molecule has 3 nitrogen and oxygen atoms in total. The van der Waals surface area contributed by atoms with Crippen LogP contribution in [0.3, 0.4) is 0 Å². The van der Waals surface area contributed by atoms with E-state index in [1.165, 1.54) is 17.5 Å². The number of fused-ring (bicyclic) bond motifs is 1. The van der Waals surface area contributed by atoms with Gasteiger partial charge in [0, 0.05) is 18.5 Å². The summed E-state index contributed by atoms with van der Waals surface area (Å²) < 4.78 is 0. The maximum Gasteiger partial charge on any atom is 0.222 e. The largest absolute Gasteiger partial charge is 0.335 e. The van der Waals surface area contributed by atoms with Crippen molar-refractivity contribution in [3.05, 3.63) is 34.9 Å². The number of rotatable bonds is 3. The summed E-state index contributed by atoms with van der Waals surface area (Å²) in [5.74, 6) is 0.215. The minimum absolute atomic E-state index is 0.0787. The van der Waals surface area contributed by atoms with Crippen molar-refractivity contribution in [2.24, 2.45) is 0 Å². The predicted molar refractivity (Wildman–Crippen MR) is 77.8 cm³/mol. The van der Waals surface area contributed by atoms with Crippen LogP contribution < -0.4 is 0 Å². The van der Waals surface area contributed by atoms with Gasteiger partial charge in [-0.05, 0) is 49.3 Å². The molecule has 0 N–H and O–H groups in total. The van der Waals surface area contributed by atoms with Crippen LogP contribution in [0.1, 0.15) is 53.6 Å². The van der Waals surface area contributed by atoms with E-state index in [1.54, 1.807) is 4.90 Å². The highest BCUT2D eigenvalue weighted by Crippen LogP contribution is 2.23. The molecule has 1 amide bonds. The van der Waals surface area contributed by atoms with Crippen LogP contribution >= 0.6 is 0 Å². The van der Waals surface area contributed by atoms with Crippen LogP contribution in [0.4, 0.5) is 0 Å². The van der Waals surface area contributed by atoms with Crippen molar-refractivity contribution in [3.63, 3.8) is 0 Å². The summed E-state index contributed by atoms with van der Waals surface area (Å²) in [6, 6.07) is 6.04. The normalized spacial score (nSPS) is 18.8. The van der Waals surface area contributed by atoms with Gasteiger partial charge in [-0.2, -0.15) is 0 Å². The van der Waals surface area contributed by atoms with E-state index in [9.17, 15) is 9.59 Å². The number of hydrogen-bond acceptors (Lipinski definition) is 2. The Morgan fingerprint density at radius 3 is 2.75 bits per heavy atom. The van der Waals surface area contributed by atoms with E-state index in [1.807, 2.05) is 12.1 Å². The highest BCUT2D eigenvalue weighted by molar-refractivity contribution is 5.99. The standard InChI is InChI=1S/C17H21NO2/c19-16(12-18-10-3-1-2-7-17(18)20)15-9-8-13-5-4-6-14(13)11-15/h8-9,11H,1-7,10,12H2. The Hall–Kier alpha value is -1.64. The number of likely N-dealkylation sites (tertiary alicyclic amines) is 1. The Bertz CT molecular complexity index is 536. The molecule has 0 bridgehead atoms. The van der Waals surface area contributed by atoms with E-state index in [0.717, 1.165) is 44.2 Å². The van der Waals surface area contributed by atoms with Gasteiger partial charge in [0.05, 0.1) is 6.54 Å². The number of amides is 1. The summed E-state index contributed by atoms with van der Waals surface area (Å²) in [5.41, 5.74) is 3.47. The second-order valence-electron chi connectivity index (χ2n) is 5.89. The number of carbonyl (C=O) groups excluding carboxylic acids is 2. The second-order valence-corrected chi connectivity index (χ2v) is 5.89. The Morgan fingerprint density at radius 1 is 1.00 bits per heavy atom. The molecule has 1 heterocycles. The van der Waals surface area contributed by atoms with Crippen LogP contribution in [0.5, 0.6) is 0 Å². The van der Waals surface area contributed by atoms with Crippen molar-refractivity contribution in [2.45, 2.75) is 44.9 Å². The first-order valence-corrected chi connectivity index (χ1v) is 7.67. The first kappa shape index (κ1) is 13.3. The molecular formula is C17H21NO2. The van der Waals surface area contributed by atoms with Crippen molar-refractivity contribution in [1.29, 1.82) is 0 Å². The van der Waals surface area contributed by atoms with Gasteiger partial charge in [0.1, 0.15) is 0 Å². The lowest BCUT2D eigenvalue weighted by molar-refractivity contribution is -0.130. The molecule has 106 valence electrons. The number of Topliss-reactive ketones (excluding diaryl/α,β-unsaturated/α-hetero) is 1. The van der Waals surface area contributed by atoms with Crippen molar-refractivity contribution < 1.29 is 9.59 Å². The van der Waals surface area contributed by atoms with Gasteiger partial charge < -0.3 is 4.90 Å². The van der Waals surface area contributed by atoms with E-state index in [2.05, 4.69) is 6.07 Å². The molecular weight excluding hydrogens is 250 g/mol. The first-order chi connectivity index (χ1) is 9.74. The van der Waals surface area contributed by atoms with E-state index in [0.29, 0.717) is 6.42 Å². The molecule has 3 rings (SSSR count). The summed E-state index contributed by atoms with van der Waals surface area (Å²) in [6.07, 6.45) is 7.07. The van der Waals surface area contributed by atoms with Crippen molar-refractivity contribution in [2.75, 3.05) is 13.1 Å². The molecule has 0 spiro atoms. The number of nitrogens with zero attached hydrogens (tertiary/aromatic N) is 1. The lowest BCUT2D eigenvalue weighted by Gasteiger charge is -2.19. The average molecular weight is 271 g/mol. The molecule has 0 saturated carbocycles. The molecule has 1 aliphatic heterocycles. The highest BCUT2D eigenvalue weighted by Gasteiger charge is 2.21. The van der Waals surface area contributed by atoms with Crippen LogP contribution in [0.2, 0.25) is 0 Å². The molecule has 2 aliphatic rings. The molecule has 0 atom stereocenters. The fraction of sp³-hybridized carbons (Fsp3) is 0.529. The first-order valence-electron chi connectivity index (χ1n) is 7.67. The molecule has 0 aromatic heterocycles. The molecule has 1 aromatic rings. The quantitative estimate of drug-likeness (QED) is 0.793. The molecule has 1 aliphatic carbocycles. The predicted octanol–water partition coefficient (Wildman–Crippen LogP) is 2.76. The summed E-state index contributed by atoms with van der Waals surface area (Å²) in [6.45, 7) is 0.979. The number of benzene rings is 1. The number of aryl methyl sites for hydroxylation is 2. The maximum absolute atomic E-state index is 12.4. The van der Waals surface area contributed by atoms with Crippen LogP contribution in [0.15, 0.2) is 18.2 Å². The highest BCUT2D eigenvalue weighted by atomic mass is 16.2. The van der Waals surface area contributed by atoms with Gasteiger partial charge in [-0.1, -0.05) is 18.6 Å². The zero-order valence-electron chi connectivity index (χ0n) is 11.9. The Labute approximate surface area is 120 Å². The molecule has 3 heteroatoms. The van der Waals surface area contributed by atoms with Gasteiger partial charge in [-0.15, -0.1) is 0 Å². The maximum atomic E-state index is 12.4. The van der Waals surface area contributed by atoms with Gasteiger partial charge in [0.25, 0.3) is 0 Å². The monoisotopic (exact) mass is 271 g/mol. The molecule has 20 heavy (non-hydrogen) atoms.